The van der Waals surface area contributed by atoms with Crippen molar-refractivity contribution >= 4 is 12.0 Å². The monoisotopic (exact) mass is 335 g/mol. The number of aromatic nitrogens is 2. The number of nitrogens with zero attached hydrogens (tertiary/aromatic N) is 3. The van der Waals surface area contributed by atoms with Crippen LogP contribution in [0.3, 0.4) is 0 Å². The lowest BCUT2D eigenvalue weighted by molar-refractivity contribution is 0.0594. The van der Waals surface area contributed by atoms with Gasteiger partial charge in [-0.15, -0.1) is 0 Å². The Balaban J connectivity index is 1.70. The molecule has 2 aromatic rings. The Morgan fingerprint density at radius 1 is 1.16 bits per heavy atom. The summed E-state index contributed by atoms with van der Waals surface area (Å²) < 4.78 is 1.92. The van der Waals surface area contributed by atoms with Crippen LogP contribution in [0, 0.1) is 5.92 Å². The van der Waals surface area contributed by atoms with Crippen molar-refractivity contribution in [2.45, 2.75) is 25.8 Å². The smallest absolute Gasteiger partial charge is 0.253 e. The fourth-order valence-electron chi connectivity index (χ4n) is 4.21. The van der Waals surface area contributed by atoms with Gasteiger partial charge in [0, 0.05) is 55.3 Å². The third kappa shape index (κ3) is 2.80. The van der Waals surface area contributed by atoms with E-state index < -0.39 is 0 Å². The van der Waals surface area contributed by atoms with E-state index in [1.165, 1.54) is 0 Å². The van der Waals surface area contributed by atoms with Gasteiger partial charge in [-0.05, 0) is 43.0 Å². The third-order valence-electron chi connectivity index (χ3n) is 5.18. The van der Waals surface area contributed by atoms with Crippen LogP contribution in [-0.2, 0) is 6.54 Å². The molecule has 1 fully saturated rings. The first-order chi connectivity index (χ1) is 12.2. The molecule has 4 heterocycles. The lowest BCUT2D eigenvalue weighted by atomic mass is 9.81. The molecular weight excluding hydrogens is 314 g/mol. The van der Waals surface area contributed by atoms with E-state index in [0.717, 1.165) is 17.7 Å². The Labute approximate surface area is 146 Å². The van der Waals surface area contributed by atoms with Crippen molar-refractivity contribution in [3.63, 3.8) is 0 Å². The Morgan fingerprint density at radius 3 is 2.72 bits per heavy atom. The average molecular weight is 335 g/mol. The SMILES string of the molecule is C/C=C/c1ccc(=O)n2c1[C@@H]1C[C@@H](CN(C(=O)c3ccncc3)C1)C2. The van der Waals surface area contributed by atoms with Crippen LogP contribution < -0.4 is 5.56 Å². The van der Waals surface area contributed by atoms with Crippen LogP contribution in [0.25, 0.3) is 6.08 Å². The second-order valence-electron chi connectivity index (χ2n) is 6.87. The molecule has 5 heteroatoms. The number of carbonyl (C=O) groups excluding carboxylic acids is 1. The van der Waals surface area contributed by atoms with Crippen LogP contribution in [0.1, 0.15) is 40.9 Å². The zero-order chi connectivity index (χ0) is 17.4. The lowest BCUT2D eigenvalue weighted by Gasteiger charge is -2.43. The topological polar surface area (TPSA) is 55.2 Å². The van der Waals surface area contributed by atoms with Crippen molar-refractivity contribution in [1.29, 1.82) is 0 Å². The minimum Gasteiger partial charge on any atom is -0.338 e. The van der Waals surface area contributed by atoms with Crippen LogP contribution in [0.5, 0.6) is 0 Å². The Kier molecular flexibility index (Phi) is 3.99. The number of pyridine rings is 2. The van der Waals surface area contributed by atoms with E-state index in [0.29, 0.717) is 31.1 Å². The molecule has 4 rings (SSSR count). The molecule has 1 amide bonds. The number of hydrogen-bond acceptors (Lipinski definition) is 3. The number of hydrogen-bond donors (Lipinski definition) is 0. The highest BCUT2D eigenvalue weighted by Gasteiger charge is 2.37. The Morgan fingerprint density at radius 2 is 1.96 bits per heavy atom. The first kappa shape index (κ1) is 15.8. The van der Waals surface area contributed by atoms with Gasteiger partial charge in [-0.3, -0.25) is 14.6 Å². The number of piperidine rings is 1. The summed E-state index contributed by atoms with van der Waals surface area (Å²) in [6.07, 6.45) is 8.38. The van der Waals surface area contributed by atoms with Crippen LogP contribution >= 0.6 is 0 Å². The van der Waals surface area contributed by atoms with E-state index in [2.05, 4.69) is 11.1 Å². The molecule has 0 unspecified atom stereocenters. The lowest BCUT2D eigenvalue weighted by Crippen LogP contribution is -2.49. The van der Waals surface area contributed by atoms with Gasteiger partial charge in [0.1, 0.15) is 0 Å². The predicted molar refractivity (Wildman–Crippen MR) is 96.4 cm³/mol. The molecule has 2 bridgehead atoms. The van der Waals surface area contributed by atoms with Crippen LogP contribution in [-0.4, -0.2) is 33.4 Å². The number of allylic oxidation sites excluding steroid dienone is 1. The summed E-state index contributed by atoms with van der Waals surface area (Å²) >= 11 is 0. The fraction of sp³-hybridized carbons (Fsp3) is 0.350. The van der Waals surface area contributed by atoms with Gasteiger partial charge in [0.05, 0.1) is 0 Å². The molecule has 0 aromatic carbocycles. The maximum Gasteiger partial charge on any atom is 0.253 e. The minimum atomic E-state index is 0.0522. The third-order valence-corrected chi connectivity index (χ3v) is 5.18. The summed E-state index contributed by atoms with van der Waals surface area (Å²) in [5, 5.41) is 0. The predicted octanol–water partition coefficient (Wildman–Crippen LogP) is 2.54. The van der Waals surface area contributed by atoms with Gasteiger partial charge in [0.15, 0.2) is 0 Å². The maximum atomic E-state index is 12.8. The number of fused-ring (bicyclic) bond motifs is 4. The molecule has 0 spiro atoms. The maximum absolute atomic E-state index is 12.8. The molecule has 128 valence electrons. The van der Waals surface area contributed by atoms with Gasteiger partial charge in [-0.25, -0.2) is 0 Å². The molecule has 2 atom stereocenters. The van der Waals surface area contributed by atoms with Crippen molar-refractivity contribution in [3.05, 3.63) is 69.9 Å². The molecule has 5 nitrogen and oxygen atoms in total. The Hall–Kier alpha value is -2.69. The van der Waals surface area contributed by atoms with Crippen molar-refractivity contribution in [3.8, 4) is 0 Å². The first-order valence-corrected chi connectivity index (χ1v) is 8.73. The van der Waals surface area contributed by atoms with Crippen LogP contribution in [0.15, 0.2) is 47.5 Å². The molecule has 0 aliphatic carbocycles. The second-order valence-corrected chi connectivity index (χ2v) is 6.87. The van der Waals surface area contributed by atoms with E-state index in [1.807, 2.05) is 28.5 Å². The van der Waals surface area contributed by atoms with E-state index in [1.54, 1.807) is 30.6 Å². The molecule has 25 heavy (non-hydrogen) atoms. The van der Waals surface area contributed by atoms with E-state index in [4.69, 9.17) is 0 Å². The normalized spacial score (nSPS) is 22.0. The molecule has 1 saturated heterocycles. The molecule has 2 aromatic heterocycles. The zero-order valence-electron chi connectivity index (χ0n) is 14.3. The quantitative estimate of drug-likeness (QED) is 0.847. The van der Waals surface area contributed by atoms with Crippen molar-refractivity contribution in [1.82, 2.24) is 14.5 Å². The summed E-state index contributed by atoms with van der Waals surface area (Å²) in [4.78, 5) is 31.1. The second kappa shape index (κ2) is 6.31. The Bertz CT molecular complexity index is 886. The first-order valence-electron chi connectivity index (χ1n) is 8.73. The number of amides is 1. The van der Waals surface area contributed by atoms with Gasteiger partial charge in [0.25, 0.3) is 11.5 Å². The molecular formula is C20H21N3O2. The molecule has 2 aliphatic heterocycles. The van der Waals surface area contributed by atoms with Crippen molar-refractivity contribution in [2.75, 3.05) is 13.1 Å². The highest BCUT2D eigenvalue weighted by molar-refractivity contribution is 5.94. The summed E-state index contributed by atoms with van der Waals surface area (Å²) in [7, 11) is 0. The van der Waals surface area contributed by atoms with Crippen molar-refractivity contribution < 1.29 is 4.79 Å². The largest absolute Gasteiger partial charge is 0.338 e. The highest BCUT2D eigenvalue weighted by atomic mass is 16.2. The fourth-order valence-corrected chi connectivity index (χ4v) is 4.21. The zero-order valence-corrected chi connectivity index (χ0v) is 14.3. The van der Waals surface area contributed by atoms with E-state index >= 15 is 0 Å². The van der Waals surface area contributed by atoms with Gasteiger partial charge in [-0.2, -0.15) is 0 Å². The molecule has 0 radical (unpaired) electrons. The number of likely N-dealkylation sites (tertiary alicyclic amines) is 1. The average Bonchev–Trinajstić information content (AvgIpc) is 2.64. The van der Waals surface area contributed by atoms with E-state index in [-0.39, 0.29) is 17.4 Å². The molecule has 2 aliphatic rings. The van der Waals surface area contributed by atoms with Gasteiger partial charge in [0.2, 0.25) is 0 Å². The molecule has 0 saturated carbocycles. The summed E-state index contributed by atoms with van der Waals surface area (Å²) in [6, 6.07) is 7.07. The summed E-state index contributed by atoms with van der Waals surface area (Å²) in [5.41, 5.74) is 2.90. The molecule has 0 N–H and O–H groups in total. The minimum absolute atomic E-state index is 0.0522. The highest BCUT2D eigenvalue weighted by Crippen LogP contribution is 2.37. The van der Waals surface area contributed by atoms with Crippen LogP contribution in [0.4, 0.5) is 0 Å². The van der Waals surface area contributed by atoms with Gasteiger partial charge in [-0.1, -0.05) is 12.2 Å². The summed E-state index contributed by atoms with van der Waals surface area (Å²) in [6.45, 7) is 4.03. The van der Waals surface area contributed by atoms with Crippen LogP contribution in [0.2, 0.25) is 0 Å². The standard InChI is InChI=1S/C20H21N3O2/c1-2-3-15-4-5-18(24)23-12-14-10-17(19(15)23)13-22(11-14)20(25)16-6-8-21-9-7-16/h2-9,14,17H,10-13H2,1H3/b3-2+/t14-,17+/m0/s1. The van der Waals surface area contributed by atoms with E-state index in [9.17, 15) is 9.59 Å². The summed E-state index contributed by atoms with van der Waals surface area (Å²) in [5.74, 6) is 0.588. The van der Waals surface area contributed by atoms with Gasteiger partial charge >= 0.3 is 0 Å². The van der Waals surface area contributed by atoms with Crippen molar-refractivity contribution in [2.24, 2.45) is 5.92 Å². The number of carbonyl (C=O) groups is 1. The number of rotatable bonds is 2. The van der Waals surface area contributed by atoms with Gasteiger partial charge < -0.3 is 9.47 Å².